The van der Waals surface area contributed by atoms with E-state index in [1.807, 2.05) is 24.3 Å². The van der Waals surface area contributed by atoms with Crippen LogP contribution in [0.4, 0.5) is 4.39 Å². The number of aryl methyl sites for hydroxylation is 1. The van der Waals surface area contributed by atoms with E-state index in [9.17, 15) is 4.39 Å². The lowest BCUT2D eigenvalue weighted by Gasteiger charge is -2.12. The Labute approximate surface area is 167 Å². The van der Waals surface area contributed by atoms with Gasteiger partial charge in [0.05, 0.1) is 11.9 Å². The van der Waals surface area contributed by atoms with E-state index in [0.717, 1.165) is 22.4 Å². The fourth-order valence-corrected chi connectivity index (χ4v) is 3.70. The van der Waals surface area contributed by atoms with E-state index in [1.165, 1.54) is 27.8 Å². The Bertz CT molecular complexity index is 1350. The number of benzene rings is 3. The Morgan fingerprint density at radius 3 is 2.72 bits per heavy atom. The van der Waals surface area contributed by atoms with Crippen molar-refractivity contribution in [2.24, 2.45) is 5.16 Å². The van der Waals surface area contributed by atoms with Gasteiger partial charge in [-0.1, -0.05) is 60.3 Å². The van der Waals surface area contributed by atoms with Crippen LogP contribution in [0.2, 0.25) is 0 Å². The van der Waals surface area contributed by atoms with Crippen LogP contribution in [0.5, 0.6) is 0 Å². The minimum absolute atomic E-state index is 0.0115. The number of halogens is 1. The Kier molecular flexibility index (Phi) is 4.92. The lowest BCUT2D eigenvalue weighted by molar-refractivity contribution is 0.321. The van der Waals surface area contributed by atoms with Gasteiger partial charge in [0.15, 0.2) is 5.82 Å². The smallest absolute Gasteiger partial charge is 0.150 e. The summed E-state index contributed by atoms with van der Waals surface area (Å²) >= 11 is 0. The van der Waals surface area contributed by atoms with Crippen molar-refractivity contribution in [2.75, 3.05) is 0 Å². The zero-order valence-corrected chi connectivity index (χ0v) is 15.9. The molecule has 4 rings (SSSR count). The average Bonchev–Trinajstić information content (AvgIpc) is 2.72. The van der Waals surface area contributed by atoms with Gasteiger partial charge in [-0.05, 0) is 69.1 Å². The molecule has 0 atom stereocenters. The molecule has 3 nitrogen and oxygen atoms in total. The number of pyridine rings is 1. The van der Waals surface area contributed by atoms with Crippen molar-refractivity contribution in [3.05, 3.63) is 94.7 Å². The summed E-state index contributed by atoms with van der Waals surface area (Å²) in [5.41, 5.74) is 2.80. The summed E-state index contributed by atoms with van der Waals surface area (Å²) in [5.74, 6) is -0.540. The van der Waals surface area contributed by atoms with E-state index in [0.29, 0.717) is 5.69 Å². The highest BCUT2D eigenvalue weighted by Gasteiger charge is 2.09. The molecule has 1 aromatic heterocycles. The largest absolute Gasteiger partial charge is 0.411 e. The first-order valence-electron chi connectivity index (χ1n) is 9.22. The second kappa shape index (κ2) is 7.68. The van der Waals surface area contributed by atoms with Gasteiger partial charge in [0, 0.05) is 0 Å². The molecule has 0 bridgehead atoms. The molecule has 1 heterocycles. The molecular weight excluding hydrogens is 363 g/mol. The molecule has 0 aliphatic rings. The third kappa shape index (κ3) is 3.41. The van der Waals surface area contributed by atoms with Crippen molar-refractivity contribution < 1.29 is 9.60 Å². The first-order chi connectivity index (χ1) is 14.1. The normalized spacial score (nSPS) is 12.7. The number of allylic oxidation sites excluding steroid dienone is 1. The van der Waals surface area contributed by atoms with Crippen LogP contribution in [0.1, 0.15) is 22.5 Å². The fraction of sp³-hybridized carbons (Fsp3) is 0.0400. The number of hydrogen-bond acceptors (Lipinski definition) is 3. The Morgan fingerprint density at radius 2 is 1.93 bits per heavy atom. The Morgan fingerprint density at radius 1 is 1.07 bits per heavy atom. The van der Waals surface area contributed by atoms with Crippen LogP contribution in [-0.4, -0.2) is 16.4 Å². The molecule has 0 fully saturated rings. The van der Waals surface area contributed by atoms with Gasteiger partial charge in [-0.25, -0.2) is 9.37 Å². The molecule has 0 saturated carbocycles. The third-order valence-corrected chi connectivity index (χ3v) is 4.97. The van der Waals surface area contributed by atoms with Gasteiger partial charge < -0.3 is 5.21 Å². The van der Waals surface area contributed by atoms with Crippen LogP contribution in [0.25, 0.3) is 39.8 Å². The number of nitrogens with zero attached hydrogens (tertiary/aromatic N) is 2. The predicted octanol–water partition coefficient (Wildman–Crippen LogP) is 5.50. The van der Waals surface area contributed by atoms with Crippen molar-refractivity contribution in [2.45, 2.75) is 6.92 Å². The maximum atomic E-state index is 13.7. The molecule has 0 saturated heterocycles. The zero-order chi connectivity index (χ0) is 20.4. The molecule has 0 aliphatic heterocycles. The molecule has 1 N–H and O–H groups in total. The van der Waals surface area contributed by atoms with E-state index >= 15 is 0 Å². The number of aromatic nitrogens is 1. The molecular formula is C25H19FN2O. The summed E-state index contributed by atoms with van der Waals surface area (Å²) in [6, 6.07) is 15.6. The Balaban J connectivity index is 1.94. The highest BCUT2D eigenvalue weighted by atomic mass is 19.1. The molecule has 0 aliphatic carbocycles. The van der Waals surface area contributed by atoms with Crippen LogP contribution < -0.4 is 5.22 Å². The summed E-state index contributed by atoms with van der Waals surface area (Å²) in [6.45, 7) is 5.97. The van der Waals surface area contributed by atoms with Crippen molar-refractivity contribution in [3.63, 3.8) is 0 Å². The van der Waals surface area contributed by atoms with Crippen LogP contribution in [0, 0.1) is 12.7 Å². The van der Waals surface area contributed by atoms with Crippen LogP contribution >= 0.6 is 0 Å². The standard InChI is InChI=1S/C25H19FN2O/c1-3-5-19-14-18(10-11-20-12-13-22(26)23(28-20)15-27-29)21-7-4-6-17-9-8-16(2)24(19)25(17)21/h3-15,29H,1H2,2H3/b11-10+,19-5-,27-15+. The first-order valence-corrected chi connectivity index (χ1v) is 9.22. The van der Waals surface area contributed by atoms with E-state index in [4.69, 9.17) is 5.21 Å². The van der Waals surface area contributed by atoms with Gasteiger partial charge in [0.2, 0.25) is 0 Å². The highest BCUT2D eigenvalue weighted by Crippen LogP contribution is 2.30. The summed E-state index contributed by atoms with van der Waals surface area (Å²) in [7, 11) is 0. The van der Waals surface area contributed by atoms with Crippen molar-refractivity contribution >= 4 is 46.0 Å². The second-order valence-corrected chi connectivity index (χ2v) is 6.80. The van der Waals surface area contributed by atoms with Crippen molar-refractivity contribution in [1.29, 1.82) is 0 Å². The van der Waals surface area contributed by atoms with E-state index in [1.54, 1.807) is 12.1 Å². The van der Waals surface area contributed by atoms with Gasteiger partial charge in [-0.15, -0.1) is 0 Å². The van der Waals surface area contributed by atoms with Gasteiger partial charge >= 0.3 is 0 Å². The maximum absolute atomic E-state index is 13.7. The monoisotopic (exact) mass is 382 g/mol. The molecule has 29 heavy (non-hydrogen) atoms. The average molecular weight is 382 g/mol. The van der Waals surface area contributed by atoms with Gasteiger partial charge in [-0.2, -0.15) is 0 Å². The number of hydrogen-bond donors (Lipinski definition) is 1. The topological polar surface area (TPSA) is 45.5 Å². The summed E-state index contributed by atoms with van der Waals surface area (Å²) in [5, 5.41) is 17.4. The summed E-state index contributed by atoms with van der Waals surface area (Å²) < 4.78 is 13.7. The minimum Gasteiger partial charge on any atom is -0.411 e. The SMILES string of the molecule is C=C/C=c1/cc(/C=C/c2ccc(F)c(/C=N/O)n2)c2cccc3ccc(C)c1c32. The molecule has 4 heteroatoms. The van der Waals surface area contributed by atoms with E-state index in [2.05, 4.69) is 54.0 Å². The minimum atomic E-state index is -0.540. The molecule has 0 spiro atoms. The van der Waals surface area contributed by atoms with E-state index < -0.39 is 5.82 Å². The van der Waals surface area contributed by atoms with E-state index in [-0.39, 0.29) is 5.69 Å². The summed E-state index contributed by atoms with van der Waals surface area (Å²) in [4.78, 5) is 4.18. The van der Waals surface area contributed by atoms with Gasteiger partial charge in [0.25, 0.3) is 0 Å². The third-order valence-electron chi connectivity index (χ3n) is 4.97. The highest BCUT2D eigenvalue weighted by molar-refractivity contribution is 6.14. The number of rotatable bonds is 4. The lowest BCUT2D eigenvalue weighted by atomic mass is 9.92. The quantitative estimate of drug-likeness (QED) is 0.288. The van der Waals surface area contributed by atoms with Crippen LogP contribution in [0.3, 0.4) is 0 Å². The predicted molar refractivity (Wildman–Crippen MR) is 119 cm³/mol. The summed E-state index contributed by atoms with van der Waals surface area (Å²) in [6.07, 6.45) is 8.58. The van der Waals surface area contributed by atoms with Crippen molar-refractivity contribution in [3.8, 4) is 0 Å². The molecule has 0 amide bonds. The van der Waals surface area contributed by atoms with Crippen LogP contribution in [-0.2, 0) is 0 Å². The molecule has 3 aromatic carbocycles. The Hall–Kier alpha value is -3.79. The van der Waals surface area contributed by atoms with Crippen molar-refractivity contribution in [1.82, 2.24) is 4.98 Å². The first kappa shape index (κ1) is 18.6. The van der Waals surface area contributed by atoms with Gasteiger partial charge in [-0.3, -0.25) is 0 Å². The molecule has 0 unspecified atom stereocenters. The number of oxime groups is 1. The van der Waals surface area contributed by atoms with Gasteiger partial charge in [0.1, 0.15) is 5.69 Å². The molecule has 0 radical (unpaired) electrons. The van der Waals surface area contributed by atoms with Crippen LogP contribution in [0.15, 0.2) is 66.3 Å². The lowest BCUT2D eigenvalue weighted by Crippen LogP contribution is -2.05. The fourth-order valence-electron chi connectivity index (χ4n) is 3.70. The molecule has 142 valence electrons. The zero-order valence-electron chi connectivity index (χ0n) is 15.9. The second-order valence-electron chi connectivity index (χ2n) is 6.80. The molecule has 4 aromatic rings. The maximum Gasteiger partial charge on any atom is 0.150 e.